The second-order valence-corrected chi connectivity index (χ2v) is 4.53. The van der Waals surface area contributed by atoms with Gasteiger partial charge in [-0.25, -0.2) is 19.0 Å². The molecule has 0 aliphatic heterocycles. The lowest BCUT2D eigenvalue weighted by Gasteiger charge is -2.04. The molecular formula is C14H10FN5. The average Bonchev–Trinajstić information content (AvgIpc) is 3.07. The summed E-state index contributed by atoms with van der Waals surface area (Å²) in [6, 6.07) is 6.68. The smallest absolute Gasteiger partial charge is 0.163 e. The molecule has 0 spiro atoms. The van der Waals surface area contributed by atoms with Gasteiger partial charge in [0.05, 0.1) is 18.1 Å². The minimum atomic E-state index is -0.238. The lowest BCUT2D eigenvalue weighted by atomic mass is 10.2. The molecule has 0 amide bonds. The quantitative estimate of drug-likeness (QED) is 0.559. The minimum absolute atomic E-state index is 0.238. The monoisotopic (exact) mass is 267 g/mol. The van der Waals surface area contributed by atoms with Gasteiger partial charge in [-0.2, -0.15) is 5.10 Å². The third-order valence-corrected chi connectivity index (χ3v) is 3.30. The third-order valence-electron chi connectivity index (χ3n) is 3.30. The van der Waals surface area contributed by atoms with Gasteiger partial charge in [-0.05, 0) is 6.07 Å². The molecule has 20 heavy (non-hydrogen) atoms. The lowest BCUT2D eigenvalue weighted by Crippen LogP contribution is -2.04. The number of aromatic nitrogens is 5. The Morgan fingerprint density at radius 2 is 2.00 bits per heavy atom. The van der Waals surface area contributed by atoms with E-state index in [1.54, 1.807) is 35.5 Å². The van der Waals surface area contributed by atoms with Crippen LogP contribution in [0.4, 0.5) is 4.39 Å². The summed E-state index contributed by atoms with van der Waals surface area (Å²) in [6.45, 7) is 0.347. The molecule has 0 aliphatic rings. The van der Waals surface area contributed by atoms with Gasteiger partial charge >= 0.3 is 0 Å². The van der Waals surface area contributed by atoms with E-state index in [1.807, 2.05) is 16.7 Å². The summed E-state index contributed by atoms with van der Waals surface area (Å²) < 4.78 is 17.2. The van der Waals surface area contributed by atoms with Crippen molar-refractivity contribution >= 4 is 16.7 Å². The van der Waals surface area contributed by atoms with E-state index in [0.717, 1.165) is 11.0 Å². The average molecular weight is 267 g/mol. The van der Waals surface area contributed by atoms with Crippen LogP contribution in [0, 0.1) is 5.82 Å². The molecule has 0 radical (unpaired) electrons. The van der Waals surface area contributed by atoms with Gasteiger partial charge in [0.15, 0.2) is 11.3 Å². The molecule has 3 aromatic heterocycles. The van der Waals surface area contributed by atoms with Crippen LogP contribution < -0.4 is 0 Å². The van der Waals surface area contributed by atoms with Gasteiger partial charge < -0.3 is 0 Å². The van der Waals surface area contributed by atoms with Crippen molar-refractivity contribution < 1.29 is 4.39 Å². The second-order valence-electron chi connectivity index (χ2n) is 4.53. The molecule has 6 heteroatoms. The zero-order valence-corrected chi connectivity index (χ0v) is 10.4. The Morgan fingerprint density at radius 3 is 2.90 bits per heavy atom. The normalized spacial score (nSPS) is 11.4. The summed E-state index contributed by atoms with van der Waals surface area (Å²) in [5, 5.41) is 5.15. The van der Waals surface area contributed by atoms with Crippen LogP contribution in [0.1, 0.15) is 5.56 Å². The predicted molar refractivity (Wildman–Crippen MR) is 71.8 cm³/mol. The number of hydrogen-bond donors (Lipinski definition) is 0. The highest BCUT2D eigenvalue weighted by Gasteiger charge is 2.10. The fourth-order valence-corrected chi connectivity index (χ4v) is 2.31. The molecule has 1 aromatic carbocycles. The zero-order chi connectivity index (χ0) is 13.5. The Bertz CT molecular complexity index is 908. The first kappa shape index (κ1) is 11.1. The molecule has 0 atom stereocenters. The highest BCUT2D eigenvalue weighted by molar-refractivity contribution is 5.88. The van der Waals surface area contributed by atoms with Crippen LogP contribution in [0.15, 0.2) is 49.2 Å². The summed E-state index contributed by atoms with van der Waals surface area (Å²) in [5.74, 6) is -0.238. The largest absolute Gasteiger partial charge is 0.290 e. The number of fused-ring (bicyclic) bond motifs is 3. The molecule has 3 heterocycles. The van der Waals surface area contributed by atoms with E-state index in [-0.39, 0.29) is 5.82 Å². The van der Waals surface area contributed by atoms with Crippen molar-refractivity contribution in [2.24, 2.45) is 0 Å². The molecule has 98 valence electrons. The van der Waals surface area contributed by atoms with Crippen molar-refractivity contribution in [2.45, 2.75) is 6.54 Å². The molecule has 0 N–H and O–H groups in total. The van der Waals surface area contributed by atoms with E-state index < -0.39 is 0 Å². The van der Waals surface area contributed by atoms with Crippen molar-refractivity contribution in [3.05, 3.63) is 60.6 Å². The summed E-state index contributed by atoms with van der Waals surface area (Å²) in [7, 11) is 0. The van der Waals surface area contributed by atoms with E-state index in [9.17, 15) is 4.39 Å². The maximum Gasteiger partial charge on any atom is 0.163 e. The first-order chi connectivity index (χ1) is 9.83. The van der Waals surface area contributed by atoms with E-state index in [2.05, 4.69) is 15.1 Å². The van der Waals surface area contributed by atoms with Crippen LogP contribution in [0.5, 0.6) is 0 Å². The van der Waals surface area contributed by atoms with Crippen LogP contribution in [-0.2, 0) is 6.54 Å². The van der Waals surface area contributed by atoms with E-state index in [0.29, 0.717) is 17.8 Å². The van der Waals surface area contributed by atoms with E-state index >= 15 is 0 Å². The van der Waals surface area contributed by atoms with Crippen molar-refractivity contribution in [3.63, 3.8) is 0 Å². The Morgan fingerprint density at radius 1 is 1.10 bits per heavy atom. The number of benzene rings is 1. The highest BCUT2D eigenvalue weighted by Crippen LogP contribution is 2.17. The number of nitrogens with zero attached hydrogens (tertiary/aromatic N) is 5. The van der Waals surface area contributed by atoms with Gasteiger partial charge in [-0.1, -0.05) is 18.2 Å². The van der Waals surface area contributed by atoms with Gasteiger partial charge in [0.25, 0.3) is 0 Å². The van der Waals surface area contributed by atoms with Crippen molar-refractivity contribution in [1.29, 1.82) is 0 Å². The Hall–Kier alpha value is -2.76. The minimum Gasteiger partial charge on any atom is -0.290 e. The highest BCUT2D eigenvalue weighted by atomic mass is 19.1. The molecule has 4 aromatic rings. The van der Waals surface area contributed by atoms with Gasteiger partial charge in [0.2, 0.25) is 0 Å². The number of halogens is 1. The SMILES string of the molecule is Fc1ccccc1Cn1ncc2c1ncn1ccnc21. The number of rotatable bonds is 2. The topological polar surface area (TPSA) is 48.0 Å². The molecule has 0 aliphatic carbocycles. The Labute approximate surface area is 113 Å². The predicted octanol–water partition coefficient (Wildman–Crippen LogP) is 2.27. The number of hydrogen-bond acceptors (Lipinski definition) is 3. The molecule has 0 fully saturated rings. The molecule has 5 nitrogen and oxygen atoms in total. The molecular weight excluding hydrogens is 257 g/mol. The third kappa shape index (κ3) is 1.58. The summed E-state index contributed by atoms with van der Waals surface area (Å²) in [4.78, 5) is 8.65. The first-order valence-corrected chi connectivity index (χ1v) is 6.19. The van der Waals surface area contributed by atoms with Crippen LogP contribution >= 0.6 is 0 Å². The fraction of sp³-hybridized carbons (Fsp3) is 0.0714. The van der Waals surface area contributed by atoms with Crippen molar-refractivity contribution in [3.8, 4) is 0 Å². The van der Waals surface area contributed by atoms with Gasteiger partial charge in [0, 0.05) is 18.0 Å². The van der Waals surface area contributed by atoms with Gasteiger partial charge in [0.1, 0.15) is 12.1 Å². The van der Waals surface area contributed by atoms with Gasteiger partial charge in [-0.3, -0.25) is 4.40 Å². The Balaban J connectivity index is 1.86. The summed E-state index contributed by atoms with van der Waals surface area (Å²) >= 11 is 0. The van der Waals surface area contributed by atoms with Crippen molar-refractivity contribution in [2.75, 3.05) is 0 Å². The zero-order valence-electron chi connectivity index (χ0n) is 10.4. The van der Waals surface area contributed by atoms with Crippen LogP contribution in [0.3, 0.4) is 0 Å². The maximum absolute atomic E-state index is 13.7. The summed E-state index contributed by atoms with van der Waals surface area (Å²) in [5.41, 5.74) is 2.09. The molecule has 4 rings (SSSR count). The van der Waals surface area contributed by atoms with E-state index in [1.165, 1.54) is 6.07 Å². The second kappa shape index (κ2) is 4.12. The first-order valence-electron chi connectivity index (χ1n) is 6.19. The van der Waals surface area contributed by atoms with Gasteiger partial charge in [-0.15, -0.1) is 0 Å². The fourth-order valence-electron chi connectivity index (χ4n) is 2.31. The maximum atomic E-state index is 13.7. The van der Waals surface area contributed by atoms with Crippen LogP contribution in [0.2, 0.25) is 0 Å². The van der Waals surface area contributed by atoms with Crippen LogP contribution in [-0.4, -0.2) is 24.1 Å². The van der Waals surface area contributed by atoms with Crippen LogP contribution in [0.25, 0.3) is 16.7 Å². The standard InChI is InChI=1S/C14H10FN5/c15-12-4-2-1-3-10(12)8-20-14-11(7-18-20)13-16-5-6-19(13)9-17-14/h1-7,9H,8H2. The molecule has 0 bridgehead atoms. The van der Waals surface area contributed by atoms with E-state index in [4.69, 9.17) is 0 Å². The Kier molecular flexibility index (Phi) is 2.29. The lowest BCUT2D eigenvalue weighted by molar-refractivity contribution is 0.589. The molecule has 0 saturated heterocycles. The number of imidazole rings is 1. The molecule has 0 saturated carbocycles. The molecule has 0 unspecified atom stereocenters. The summed E-state index contributed by atoms with van der Waals surface area (Å²) in [6.07, 6.45) is 6.94. The van der Waals surface area contributed by atoms with Crippen molar-refractivity contribution in [1.82, 2.24) is 24.1 Å².